The number of pyridine rings is 1. The number of carbonyl (C=O) groups excluding carboxylic acids is 2. The second kappa shape index (κ2) is 10.3. The van der Waals surface area contributed by atoms with Crippen LogP contribution in [-0.4, -0.2) is 77.1 Å². The Balaban J connectivity index is 1.57. The van der Waals surface area contributed by atoms with Gasteiger partial charge in [0.2, 0.25) is 0 Å². The van der Waals surface area contributed by atoms with Crippen molar-refractivity contribution in [1.82, 2.24) is 14.4 Å². The van der Waals surface area contributed by atoms with E-state index in [9.17, 15) is 14.4 Å². The molecule has 0 N–H and O–H groups in total. The zero-order valence-corrected chi connectivity index (χ0v) is 19.8. The second-order valence-electron chi connectivity index (χ2n) is 8.08. The van der Waals surface area contributed by atoms with E-state index < -0.39 is 6.10 Å². The largest absolute Gasteiger partial charge is 0.496 e. The average Bonchev–Trinajstić information content (AvgIpc) is 3.08. The van der Waals surface area contributed by atoms with Crippen molar-refractivity contribution in [3.63, 3.8) is 0 Å². The van der Waals surface area contributed by atoms with Gasteiger partial charge in [0, 0.05) is 62.4 Å². The van der Waals surface area contributed by atoms with Gasteiger partial charge in [0.15, 0.2) is 6.10 Å². The lowest BCUT2D eigenvalue weighted by molar-refractivity contribution is -0.137. The number of ether oxygens (including phenoxy) is 2. The third kappa shape index (κ3) is 5.03. The van der Waals surface area contributed by atoms with E-state index in [0.717, 1.165) is 11.5 Å². The number of methoxy groups -OCH3 is 1. The normalized spacial score (nSPS) is 17.0. The van der Waals surface area contributed by atoms with E-state index in [4.69, 9.17) is 9.47 Å². The van der Waals surface area contributed by atoms with Crippen LogP contribution >= 0.6 is 11.8 Å². The predicted molar refractivity (Wildman–Crippen MR) is 127 cm³/mol. The van der Waals surface area contributed by atoms with Crippen molar-refractivity contribution < 1.29 is 19.1 Å². The van der Waals surface area contributed by atoms with E-state index in [2.05, 4.69) is 0 Å². The Hall–Kier alpha value is -2.94. The number of aromatic nitrogens is 1. The molecule has 0 radical (unpaired) electrons. The van der Waals surface area contributed by atoms with Gasteiger partial charge in [0.25, 0.3) is 17.4 Å². The molecular weight excluding hydrogens is 442 g/mol. The molecule has 8 nitrogen and oxygen atoms in total. The fraction of sp³-hybridized carbons (Fsp3) is 0.458. The minimum absolute atomic E-state index is 0.114. The summed E-state index contributed by atoms with van der Waals surface area (Å²) in [6.45, 7) is 4.15. The molecule has 1 saturated heterocycles. The molecule has 2 amide bonds. The molecule has 0 unspecified atom stereocenters. The van der Waals surface area contributed by atoms with Crippen molar-refractivity contribution in [2.75, 3.05) is 44.8 Å². The molecular formula is C24H29N3O5S. The summed E-state index contributed by atoms with van der Waals surface area (Å²) in [6.07, 6.45) is -0.272. The van der Waals surface area contributed by atoms with Gasteiger partial charge in [-0.3, -0.25) is 14.4 Å². The molecule has 0 saturated carbocycles. The summed E-state index contributed by atoms with van der Waals surface area (Å²) in [5, 5.41) is 0. The zero-order chi connectivity index (χ0) is 23.4. The highest BCUT2D eigenvalue weighted by Gasteiger charge is 2.31. The maximum absolute atomic E-state index is 13.4. The Morgan fingerprint density at radius 3 is 2.42 bits per heavy atom. The minimum atomic E-state index is -0.660. The molecule has 176 valence electrons. The molecule has 0 spiro atoms. The van der Waals surface area contributed by atoms with Gasteiger partial charge in [-0.2, -0.15) is 11.8 Å². The summed E-state index contributed by atoms with van der Waals surface area (Å²) < 4.78 is 12.9. The second-order valence-corrected chi connectivity index (χ2v) is 9.30. The van der Waals surface area contributed by atoms with E-state index in [-0.39, 0.29) is 17.4 Å². The van der Waals surface area contributed by atoms with Crippen molar-refractivity contribution in [2.24, 2.45) is 0 Å². The molecule has 9 heteroatoms. The third-order valence-electron chi connectivity index (χ3n) is 6.04. The van der Waals surface area contributed by atoms with Crippen LogP contribution in [0.1, 0.15) is 23.0 Å². The fourth-order valence-corrected chi connectivity index (χ4v) is 5.20. The van der Waals surface area contributed by atoms with E-state index in [1.165, 1.54) is 13.2 Å². The Morgan fingerprint density at radius 1 is 1.00 bits per heavy atom. The molecule has 0 bridgehead atoms. The van der Waals surface area contributed by atoms with E-state index in [0.29, 0.717) is 61.9 Å². The monoisotopic (exact) mass is 471 g/mol. The maximum atomic E-state index is 13.4. The molecule has 1 fully saturated rings. The standard InChI is InChI=1S/C24H29N3O5S/c1-17(32-18-6-4-3-5-7-18)23(29)25-9-8-19-22(24(30)26-12-14-33-15-13-26)20(31-2)16-21(28)27(19)11-10-25/h3-7,16-17H,8-15H2,1-2H3/t17-/m0/s1. The van der Waals surface area contributed by atoms with Gasteiger partial charge >= 0.3 is 0 Å². The van der Waals surface area contributed by atoms with Gasteiger partial charge < -0.3 is 23.8 Å². The molecule has 1 aromatic heterocycles. The van der Waals surface area contributed by atoms with Crippen LogP contribution in [0.15, 0.2) is 41.2 Å². The average molecular weight is 472 g/mol. The number of hydrogen-bond acceptors (Lipinski definition) is 6. The Labute approximate surface area is 197 Å². The van der Waals surface area contributed by atoms with Crippen LogP contribution < -0.4 is 15.0 Å². The van der Waals surface area contributed by atoms with E-state index in [1.54, 1.807) is 16.4 Å². The predicted octanol–water partition coefficient (Wildman–Crippen LogP) is 1.90. The first kappa shape index (κ1) is 23.2. The quantitative estimate of drug-likeness (QED) is 0.663. The van der Waals surface area contributed by atoms with Gasteiger partial charge in [0.1, 0.15) is 17.1 Å². The number of rotatable bonds is 5. The third-order valence-corrected chi connectivity index (χ3v) is 6.98. The van der Waals surface area contributed by atoms with Crippen LogP contribution in [0.4, 0.5) is 0 Å². The number of benzene rings is 1. The number of fused-ring (bicyclic) bond motifs is 1. The molecule has 1 atom stereocenters. The molecule has 2 aliphatic heterocycles. The highest BCUT2D eigenvalue weighted by Crippen LogP contribution is 2.26. The van der Waals surface area contributed by atoms with Crippen LogP contribution in [-0.2, 0) is 17.8 Å². The number of para-hydroxylation sites is 1. The van der Waals surface area contributed by atoms with E-state index in [1.807, 2.05) is 47.0 Å². The number of nitrogens with zero attached hydrogens (tertiary/aromatic N) is 3. The molecule has 2 aromatic rings. The molecule has 4 rings (SSSR count). The SMILES string of the molecule is COc1cc(=O)n2c(c1C(=O)N1CCSCC1)CCN(C(=O)[C@H](C)Oc1ccccc1)CC2. The van der Waals surface area contributed by atoms with Crippen LogP contribution in [0.2, 0.25) is 0 Å². The summed E-state index contributed by atoms with van der Waals surface area (Å²) in [5.41, 5.74) is 0.844. The van der Waals surface area contributed by atoms with Gasteiger partial charge in [0.05, 0.1) is 7.11 Å². The Morgan fingerprint density at radius 2 is 1.73 bits per heavy atom. The maximum Gasteiger partial charge on any atom is 0.263 e. The first-order valence-corrected chi connectivity index (χ1v) is 12.3. The summed E-state index contributed by atoms with van der Waals surface area (Å²) in [4.78, 5) is 42.9. The van der Waals surface area contributed by atoms with Gasteiger partial charge in [-0.1, -0.05) is 18.2 Å². The summed E-state index contributed by atoms with van der Waals surface area (Å²) in [5.74, 6) is 2.46. The van der Waals surface area contributed by atoms with Crippen molar-refractivity contribution in [3.05, 3.63) is 58.0 Å². The molecule has 3 heterocycles. The molecule has 33 heavy (non-hydrogen) atoms. The van der Waals surface area contributed by atoms with Crippen LogP contribution in [0.25, 0.3) is 0 Å². The molecule has 2 aliphatic rings. The minimum Gasteiger partial charge on any atom is -0.496 e. The summed E-state index contributed by atoms with van der Waals surface area (Å²) >= 11 is 1.83. The smallest absolute Gasteiger partial charge is 0.263 e. The first-order valence-electron chi connectivity index (χ1n) is 11.2. The summed E-state index contributed by atoms with van der Waals surface area (Å²) in [7, 11) is 1.48. The number of carbonyl (C=O) groups is 2. The van der Waals surface area contributed by atoms with Gasteiger partial charge in [-0.15, -0.1) is 0 Å². The van der Waals surface area contributed by atoms with Crippen LogP contribution in [0, 0.1) is 0 Å². The number of amides is 2. The van der Waals surface area contributed by atoms with Gasteiger partial charge in [-0.25, -0.2) is 0 Å². The van der Waals surface area contributed by atoms with Crippen molar-refractivity contribution in [3.8, 4) is 11.5 Å². The molecule has 0 aliphatic carbocycles. The number of hydrogen-bond donors (Lipinski definition) is 0. The highest BCUT2D eigenvalue weighted by atomic mass is 32.2. The van der Waals surface area contributed by atoms with Crippen LogP contribution in [0.5, 0.6) is 11.5 Å². The number of thioether (sulfide) groups is 1. The first-order chi connectivity index (χ1) is 16.0. The zero-order valence-electron chi connectivity index (χ0n) is 19.0. The van der Waals surface area contributed by atoms with Crippen molar-refractivity contribution in [1.29, 1.82) is 0 Å². The van der Waals surface area contributed by atoms with Crippen molar-refractivity contribution >= 4 is 23.6 Å². The lowest BCUT2D eigenvalue weighted by Gasteiger charge is -2.28. The lowest BCUT2D eigenvalue weighted by atomic mass is 10.1. The fourth-order valence-electron chi connectivity index (χ4n) is 4.30. The van der Waals surface area contributed by atoms with Gasteiger partial charge in [-0.05, 0) is 19.1 Å². The lowest BCUT2D eigenvalue weighted by Crippen LogP contribution is -2.42. The van der Waals surface area contributed by atoms with E-state index >= 15 is 0 Å². The Bertz CT molecular complexity index is 1070. The van der Waals surface area contributed by atoms with Crippen molar-refractivity contribution in [2.45, 2.75) is 26.0 Å². The Kier molecular flexibility index (Phi) is 7.27. The topological polar surface area (TPSA) is 81.1 Å². The molecule has 1 aromatic carbocycles. The summed E-state index contributed by atoms with van der Waals surface area (Å²) in [6, 6.07) is 10.6. The highest BCUT2D eigenvalue weighted by molar-refractivity contribution is 7.99. The van der Waals surface area contributed by atoms with Crippen LogP contribution in [0.3, 0.4) is 0 Å².